The molecule has 0 aliphatic carbocycles. The molecule has 1 rings (SSSR count). The Balaban J connectivity index is 2.20. The minimum absolute atomic E-state index is 0.575. The van der Waals surface area contributed by atoms with Crippen molar-refractivity contribution in [3.63, 3.8) is 0 Å². The Morgan fingerprint density at radius 1 is 1.47 bits per heavy atom. The summed E-state index contributed by atoms with van der Waals surface area (Å²) < 4.78 is 10.3. The summed E-state index contributed by atoms with van der Waals surface area (Å²) in [7, 11) is 1.67. The van der Waals surface area contributed by atoms with Crippen LogP contribution >= 0.6 is 11.3 Å². The van der Waals surface area contributed by atoms with Crippen molar-refractivity contribution >= 4 is 11.3 Å². The van der Waals surface area contributed by atoms with Gasteiger partial charge >= 0.3 is 0 Å². The van der Waals surface area contributed by atoms with E-state index in [1.807, 2.05) is 5.38 Å². The molecule has 0 amide bonds. The normalized spacial score (nSPS) is 10.8. The fourth-order valence-electron chi connectivity index (χ4n) is 1.05. The molecule has 15 heavy (non-hydrogen) atoms. The molecular weight excluding hydrogens is 212 g/mol. The van der Waals surface area contributed by atoms with Crippen LogP contribution in [0.25, 0.3) is 0 Å². The van der Waals surface area contributed by atoms with Gasteiger partial charge in [0.05, 0.1) is 25.5 Å². The molecular formula is C10H18N2O2S. The van der Waals surface area contributed by atoms with Gasteiger partial charge in [0.2, 0.25) is 0 Å². The van der Waals surface area contributed by atoms with Crippen LogP contribution in [0.4, 0.5) is 0 Å². The molecule has 0 fully saturated rings. The van der Waals surface area contributed by atoms with E-state index in [-0.39, 0.29) is 0 Å². The topological polar surface area (TPSA) is 43.4 Å². The smallest absolute Gasteiger partial charge is 0.107 e. The van der Waals surface area contributed by atoms with Gasteiger partial charge in [0, 0.05) is 19.0 Å². The van der Waals surface area contributed by atoms with Crippen LogP contribution in [0.2, 0.25) is 0 Å². The minimum atomic E-state index is 0.575. The van der Waals surface area contributed by atoms with E-state index in [1.165, 1.54) is 0 Å². The largest absolute Gasteiger partial charge is 0.382 e. The zero-order valence-electron chi connectivity index (χ0n) is 9.28. The molecule has 0 atom stereocenters. The van der Waals surface area contributed by atoms with Crippen LogP contribution < -0.4 is 5.32 Å². The quantitative estimate of drug-likeness (QED) is 0.686. The summed E-state index contributed by atoms with van der Waals surface area (Å²) in [5.41, 5.74) is 1.00. The van der Waals surface area contributed by atoms with Crippen molar-refractivity contribution in [2.75, 3.05) is 26.9 Å². The second kappa shape index (κ2) is 7.76. The average molecular weight is 230 g/mol. The first-order valence-electron chi connectivity index (χ1n) is 5.07. The maximum Gasteiger partial charge on any atom is 0.107 e. The van der Waals surface area contributed by atoms with Crippen molar-refractivity contribution in [1.82, 2.24) is 10.3 Å². The third-order valence-corrected chi connectivity index (χ3v) is 2.70. The number of methoxy groups -OCH3 is 1. The first-order chi connectivity index (χ1) is 7.36. The van der Waals surface area contributed by atoms with E-state index in [0.29, 0.717) is 19.8 Å². The minimum Gasteiger partial charge on any atom is -0.382 e. The predicted molar refractivity (Wildman–Crippen MR) is 61.0 cm³/mol. The van der Waals surface area contributed by atoms with Crippen molar-refractivity contribution in [2.45, 2.75) is 20.1 Å². The van der Waals surface area contributed by atoms with Crippen molar-refractivity contribution < 1.29 is 9.47 Å². The summed E-state index contributed by atoms with van der Waals surface area (Å²) in [6, 6.07) is 0. The number of ether oxygens (including phenoxy) is 2. The number of hydrogen-bond acceptors (Lipinski definition) is 5. The summed E-state index contributed by atoms with van der Waals surface area (Å²) in [5, 5.41) is 6.40. The maximum atomic E-state index is 5.38. The van der Waals surface area contributed by atoms with Crippen LogP contribution in [-0.4, -0.2) is 31.9 Å². The summed E-state index contributed by atoms with van der Waals surface area (Å²) in [6.45, 7) is 5.73. The van der Waals surface area contributed by atoms with Crippen molar-refractivity contribution in [3.8, 4) is 0 Å². The van der Waals surface area contributed by atoms with Gasteiger partial charge in [0.1, 0.15) is 5.01 Å². The highest BCUT2D eigenvalue weighted by Crippen LogP contribution is 2.10. The second-order valence-electron chi connectivity index (χ2n) is 3.06. The first kappa shape index (κ1) is 12.6. The molecule has 86 valence electrons. The number of thiazole rings is 1. The Morgan fingerprint density at radius 2 is 2.33 bits per heavy atom. The van der Waals surface area contributed by atoms with Gasteiger partial charge in [-0.3, -0.25) is 0 Å². The van der Waals surface area contributed by atoms with E-state index < -0.39 is 0 Å². The first-order valence-corrected chi connectivity index (χ1v) is 5.95. The molecule has 0 bridgehead atoms. The lowest BCUT2D eigenvalue weighted by molar-refractivity contribution is 0.0604. The Labute approximate surface area is 94.6 Å². The van der Waals surface area contributed by atoms with E-state index in [2.05, 4.69) is 17.2 Å². The Bertz CT molecular complexity index is 266. The lowest BCUT2D eigenvalue weighted by atomic mass is 10.5. The fourth-order valence-corrected chi connectivity index (χ4v) is 1.80. The number of rotatable bonds is 8. The van der Waals surface area contributed by atoms with Gasteiger partial charge in [-0.15, -0.1) is 11.3 Å². The van der Waals surface area contributed by atoms with Gasteiger partial charge in [-0.25, -0.2) is 4.98 Å². The van der Waals surface area contributed by atoms with Gasteiger partial charge in [-0.1, -0.05) is 6.92 Å². The molecule has 4 nitrogen and oxygen atoms in total. The molecule has 1 aromatic rings. The standard InChI is InChI=1S/C10H18N2O2S/c1-3-11-6-10-12-9(8-15-10)7-14-5-4-13-2/h8,11H,3-7H2,1-2H3. The molecule has 0 spiro atoms. The Hall–Kier alpha value is -0.490. The fraction of sp³-hybridized carbons (Fsp3) is 0.700. The lowest BCUT2D eigenvalue weighted by Gasteiger charge is -2.00. The molecule has 0 aliphatic rings. The molecule has 1 N–H and O–H groups in total. The SMILES string of the molecule is CCNCc1nc(COCCOC)cs1. The molecule has 0 saturated heterocycles. The lowest BCUT2D eigenvalue weighted by Crippen LogP contribution is -2.11. The summed E-state index contributed by atoms with van der Waals surface area (Å²) in [5.74, 6) is 0. The van der Waals surface area contributed by atoms with Crippen LogP contribution in [0, 0.1) is 0 Å². The predicted octanol–water partition coefficient (Wildman–Crippen LogP) is 1.42. The number of nitrogens with one attached hydrogen (secondary N) is 1. The van der Waals surface area contributed by atoms with Gasteiger partial charge < -0.3 is 14.8 Å². The highest BCUT2D eigenvalue weighted by Gasteiger charge is 2.01. The van der Waals surface area contributed by atoms with Gasteiger partial charge in [-0.05, 0) is 6.54 Å². The number of aromatic nitrogens is 1. The molecule has 0 unspecified atom stereocenters. The molecule has 1 aromatic heterocycles. The van der Waals surface area contributed by atoms with Crippen molar-refractivity contribution in [3.05, 3.63) is 16.1 Å². The monoisotopic (exact) mass is 230 g/mol. The molecule has 1 heterocycles. The van der Waals surface area contributed by atoms with Crippen LogP contribution in [0.15, 0.2) is 5.38 Å². The van der Waals surface area contributed by atoms with Gasteiger partial charge in [0.25, 0.3) is 0 Å². The van der Waals surface area contributed by atoms with Crippen LogP contribution in [0.5, 0.6) is 0 Å². The second-order valence-corrected chi connectivity index (χ2v) is 4.00. The van der Waals surface area contributed by atoms with E-state index >= 15 is 0 Å². The van der Waals surface area contributed by atoms with Crippen LogP contribution in [-0.2, 0) is 22.6 Å². The summed E-state index contributed by atoms with van der Waals surface area (Å²) in [4.78, 5) is 4.44. The molecule has 0 radical (unpaired) electrons. The molecule has 0 saturated carbocycles. The highest BCUT2D eigenvalue weighted by molar-refractivity contribution is 7.09. The van der Waals surface area contributed by atoms with Gasteiger partial charge in [0.15, 0.2) is 0 Å². The van der Waals surface area contributed by atoms with E-state index in [4.69, 9.17) is 9.47 Å². The van der Waals surface area contributed by atoms with Gasteiger partial charge in [-0.2, -0.15) is 0 Å². The molecule has 5 heteroatoms. The third kappa shape index (κ3) is 5.22. The van der Waals surface area contributed by atoms with Crippen LogP contribution in [0.3, 0.4) is 0 Å². The van der Waals surface area contributed by atoms with Crippen molar-refractivity contribution in [2.24, 2.45) is 0 Å². The van der Waals surface area contributed by atoms with Crippen LogP contribution in [0.1, 0.15) is 17.6 Å². The van der Waals surface area contributed by atoms with E-state index in [0.717, 1.165) is 23.8 Å². The number of nitrogens with zero attached hydrogens (tertiary/aromatic N) is 1. The molecule has 0 aliphatic heterocycles. The summed E-state index contributed by atoms with van der Waals surface area (Å²) in [6.07, 6.45) is 0. The zero-order chi connectivity index (χ0) is 10.9. The van der Waals surface area contributed by atoms with E-state index in [9.17, 15) is 0 Å². The Morgan fingerprint density at radius 3 is 3.07 bits per heavy atom. The van der Waals surface area contributed by atoms with E-state index in [1.54, 1.807) is 18.4 Å². The Kier molecular flexibility index (Phi) is 6.50. The van der Waals surface area contributed by atoms with Crippen molar-refractivity contribution in [1.29, 1.82) is 0 Å². The molecule has 0 aromatic carbocycles. The summed E-state index contributed by atoms with van der Waals surface area (Å²) >= 11 is 1.67. The average Bonchev–Trinajstić information content (AvgIpc) is 2.69. The highest BCUT2D eigenvalue weighted by atomic mass is 32.1. The maximum absolute atomic E-state index is 5.38. The number of hydrogen-bond donors (Lipinski definition) is 1. The zero-order valence-corrected chi connectivity index (χ0v) is 10.1. The third-order valence-electron chi connectivity index (χ3n) is 1.81.